The Hall–Kier alpha value is -1.86. The molecule has 0 spiro atoms. The van der Waals surface area contributed by atoms with Crippen molar-refractivity contribution in [1.29, 1.82) is 5.26 Å². The van der Waals surface area contributed by atoms with Crippen LogP contribution in [0.25, 0.3) is 0 Å². The van der Waals surface area contributed by atoms with Crippen molar-refractivity contribution in [3.05, 3.63) is 53.0 Å². The summed E-state index contributed by atoms with van der Waals surface area (Å²) in [6.07, 6.45) is 10.4. The maximum absolute atomic E-state index is 9.34. The predicted octanol–water partition coefficient (Wildman–Crippen LogP) is 3.95. The average Bonchev–Trinajstić information content (AvgIpc) is 2.59. The molecule has 0 N–H and O–H groups in total. The van der Waals surface area contributed by atoms with Crippen molar-refractivity contribution >= 4 is 11.8 Å². The van der Waals surface area contributed by atoms with Gasteiger partial charge in [-0.2, -0.15) is 5.26 Å². The SMILES string of the molecule is N#Cc1cc2c(nc1SCCCc1ccncc1)CCCC2. The molecule has 0 saturated heterocycles. The monoisotopic (exact) mass is 309 g/mol. The zero-order valence-electron chi connectivity index (χ0n) is 12.6. The van der Waals surface area contributed by atoms with Crippen LogP contribution in [0.4, 0.5) is 0 Å². The second-order valence-electron chi connectivity index (χ2n) is 5.57. The van der Waals surface area contributed by atoms with Crippen molar-refractivity contribution in [2.45, 2.75) is 43.6 Å². The van der Waals surface area contributed by atoms with Crippen LogP contribution in [0.5, 0.6) is 0 Å². The quantitative estimate of drug-likeness (QED) is 0.620. The number of nitriles is 1. The number of hydrogen-bond donors (Lipinski definition) is 0. The van der Waals surface area contributed by atoms with E-state index < -0.39 is 0 Å². The lowest BCUT2D eigenvalue weighted by Crippen LogP contribution is -2.07. The number of thioether (sulfide) groups is 1. The first-order chi connectivity index (χ1) is 10.9. The Bertz CT molecular complexity index is 677. The smallest absolute Gasteiger partial charge is 0.114 e. The second kappa shape index (κ2) is 7.42. The van der Waals surface area contributed by atoms with Gasteiger partial charge in [0, 0.05) is 18.1 Å². The van der Waals surface area contributed by atoms with Gasteiger partial charge in [0.1, 0.15) is 11.1 Å². The molecule has 0 radical (unpaired) electrons. The molecule has 3 nitrogen and oxygen atoms in total. The highest BCUT2D eigenvalue weighted by molar-refractivity contribution is 7.99. The van der Waals surface area contributed by atoms with Crippen LogP contribution in [-0.2, 0) is 19.3 Å². The standard InChI is InChI=1S/C18H19N3S/c19-13-16-12-15-5-1-2-6-17(15)21-18(16)22-11-3-4-14-7-9-20-10-8-14/h7-10,12H,1-6,11H2. The third kappa shape index (κ3) is 3.66. The first-order valence-electron chi connectivity index (χ1n) is 7.81. The normalized spacial score (nSPS) is 13.4. The summed E-state index contributed by atoms with van der Waals surface area (Å²) in [7, 11) is 0. The number of nitrogens with zero attached hydrogens (tertiary/aromatic N) is 3. The van der Waals surface area contributed by atoms with E-state index in [0.717, 1.165) is 42.0 Å². The van der Waals surface area contributed by atoms with E-state index in [9.17, 15) is 5.26 Å². The molecule has 0 bridgehead atoms. The highest BCUT2D eigenvalue weighted by Gasteiger charge is 2.15. The predicted molar refractivity (Wildman–Crippen MR) is 88.9 cm³/mol. The number of rotatable bonds is 5. The van der Waals surface area contributed by atoms with Gasteiger partial charge in [0.2, 0.25) is 0 Å². The Balaban J connectivity index is 1.61. The van der Waals surface area contributed by atoms with Gasteiger partial charge < -0.3 is 0 Å². The van der Waals surface area contributed by atoms with Crippen molar-refractivity contribution in [3.8, 4) is 6.07 Å². The minimum Gasteiger partial charge on any atom is -0.265 e. The molecule has 3 rings (SSSR count). The van der Waals surface area contributed by atoms with Crippen molar-refractivity contribution < 1.29 is 0 Å². The fourth-order valence-corrected chi connectivity index (χ4v) is 3.72. The van der Waals surface area contributed by atoms with E-state index in [1.807, 2.05) is 12.4 Å². The van der Waals surface area contributed by atoms with E-state index in [0.29, 0.717) is 0 Å². The average molecular weight is 309 g/mol. The van der Waals surface area contributed by atoms with Crippen LogP contribution in [-0.4, -0.2) is 15.7 Å². The van der Waals surface area contributed by atoms with E-state index in [-0.39, 0.29) is 0 Å². The zero-order valence-corrected chi connectivity index (χ0v) is 13.4. The Morgan fingerprint density at radius 2 is 2.00 bits per heavy atom. The van der Waals surface area contributed by atoms with E-state index in [1.165, 1.54) is 29.7 Å². The fraction of sp³-hybridized carbons (Fsp3) is 0.389. The molecule has 2 aromatic rings. The lowest BCUT2D eigenvalue weighted by Gasteiger charge is -2.16. The number of pyridine rings is 2. The van der Waals surface area contributed by atoms with Crippen LogP contribution >= 0.6 is 11.8 Å². The third-order valence-electron chi connectivity index (χ3n) is 3.98. The Morgan fingerprint density at radius 3 is 2.82 bits per heavy atom. The highest BCUT2D eigenvalue weighted by atomic mass is 32.2. The maximum atomic E-state index is 9.34. The van der Waals surface area contributed by atoms with Gasteiger partial charge in [0.05, 0.1) is 5.56 Å². The molecule has 0 atom stereocenters. The van der Waals surface area contributed by atoms with Gasteiger partial charge in [-0.05, 0) is 73.6 Å². The number of hydrogen-bond acceptors (Lipinski definition) is 4. The highest BCUT2D eigenvalue weighted by Crippen LogP contribution is 2.27. The molecule has 0 unspecified atom stereocenters. The molecule has 0 amide bonds. The van der Waals surface area contributed by atoms with Crippen molar-refractivity contribution in [2.24, 2.45) is 0 Å². The van der Waals surface area contributed by atoms with Gasteiger partial charge in [0.25, 0.3) is 0 Å². The molecular formula is C18H19N3S. The van der Waals surface area contributed by atoms with Gasteiger partial charge in [0.15, 0.2) is 0 Å². The van der Waals surface area contributed by atoms with Crippen LogP contribution in [0, 0.1) is 11.3 Å². The van der Waals surface area contributed by atoms with Crippen LogP contribution in [0.2, 0.25) is 0 Å². The molecule has 4 heteroatoms. The number of aromatic nitrogens is 2. The van der Waals surface area contributed by atoms with E-state index in [4.69, 9.17) is 4.98 Å². The fourth-order valence-electron chi connectivity index (χ4n) is 2.80. The minimum atomic E-state index is 0.745. The summed E-state index contributed by atoms with van der Waals surface area (Å²) in [4.78, 5) is 8.79. The summed E-state index contributed by atoms with van der Waals surface area (Å²) in [6, 6.07) is 8.49. The molecule has 1 aliphatic carbocycles. The molecule has 22 heavy (non-hydrogen) atoms. The third-order valence-corrected chi connectivity index (χ3v) is 5.06. The zero-order chi connectivity index (χ0) is 15.2. The molecule has 1 aliphatic rings. The van der Waals surface area contributed by atoms with Crippen LogP contribution in [0.3, 0.4) is 0 Å². The van der Waals surface area contributed by atoms with E-state index >= 15 is 0 Å². The van der Waals surface area contributed by atoms with Crippen molar-refractivity contribution in [1.82, 2.24) is 9.97 Å². The van der Waals surface area contributed by atoms with Crippen LogP contribution < -0.4 is 0 Å². The lowest BCUT2D eigenvalue weighted by molar-refractivity contribution is 0.660. The second-order valence-corrected chi connectivity index (χ2v) is 6.66. The topological polar surface area (TPSA) is 49.6 Å². The minimum absolute atomic E-state index is 0.745. The maximum Gasteiger partial charge on any atom is 0.114 e. The summed E-state index contributed by atoms with van der Waals surface area (Å²) in [5.74, 6) is 0.989. The largest absolute Gasteiger partial charge is 0.265 e. The Kier molecular flexibility index (Phi) is 5.07. The summed E-state index contributed by atoms with van der Waals surface area (Å²) in [5.41, 5.74) is 4.55. The van der Waals surface area contributed by atoms with Gasteiger partial charge in [-0.3, -0.25) is 4.98 Å². The van der Waals surface area contributed by atoms with Crippen molar-refractivity contribution in [2.75, 3.05) is 5.75 Å². The Morgan fingerprint density at radius 1 is 1.18 bits per heavy atom. The Labute approximate surface area is 135 Å². The molecule has 0 aromatic carbocycles. The first-order valence-corrected chi connectivity index (χ1v) is 8.80. The summed E-state index contributed by atoms with van der Waals surface area (Å²) in [5, 5.41) is 10.3. The van der Waals surface area contributed by atoms with Gasteiger partial charge in [-0.15, -0.1) is 11.8 Å². The van der Waals surface area contributed by atoms with Gasteiger partial charge in [-0.25, -0.2) is 4.98 Å². The van der Waals surface area contributed by atoms with Gasteiger partial charge in [-0.1, -0.05) is 0 Å². The van der Waals surface area contributed by atoms with E-state index in [2.05, 4.69) is 29.3 Å². The molecule has 2 heterocycles. The molecule has 112 valence electrons. The molecule has 0 saturated carbocycles. The number of aryl methyl sites for hydroxylation is 3. The lowest BCUT2D eigenvalue weighted by atomic mass is 9.95. The summed E-state index contributed by atoms with van der Waals surface area (Å²) < 4.78 is 0. The molecule has 2 aromatic heterocycles. The van der Waals surface area contributed by atoms with E-state index in [1.54, 1.807) is 11.8 Å². The first kappa shape index (κ1) is 15.1. The summed E-state index contributed by atoms with van der Waals surface area (Å²) >= 11 is 1.71. The molecule has 0 aliphatic heterocycles. The number of fused-ring (bicyclic) bond motifs is 1. The summed E-state index contributed by atoms with van der Waals surface area (Å²) in [6.45, 7) is 0. The van der Waals surface area contributed by atoms with Crippen LogP contribution in [0.15, 0.2) is 35.6 Å². The van der Waals surface area contributed by atoms with Gasteiger partial charge >= 0.3 is 0 Å². The molecule has 0 fully saturated rings. The van der Waals surface area contributed by atoms with Crippen molar-refractivity contribution in [3.63, 3.8) is 0 Å². The molecular weight excluding hydrogens is 290 g/mol. The van der Waals surface area contributed by atoms with Crippen LogP contribution in [0.1, 0.15) is 41.6 Å².